The van der Waals surface area contributed by atoms with Crippen LogP contribution in [0.25, 0.3) is 10.8 Å². The fourth-order valence-corrected chi connectivity index (χ4v) is 3.02. The van der Waals surface area contributed by atoms with E-state index >= 15 is 0 Å². The number of carbonyl (C=O) groups is 1. The van der Waals surface area contributed by atoms with Gasteiger partial charge in [-0.2, -0.15) is 5.10 Å². The summed E-state index contributed by atoms with van der Waals surface area (Å²) < 4.78 is 16.4. The molecule has 0 bridgehead atoms. The number of amides is 1. The highest BCUT2D eigenvalue weighted by Gasteiger charge is 2.10. The second kappa shape index (κ2) is 10.3. The molecule has 0 aliphatic heterocycles. The molecule has 30 heavy (non-hydrogen) atoms. The number of hydrogen-bond acceptors (Lipinski definition) is 5. The van der Waals surface area contributed by atoms with Crippen molar-refractivity contribution in [2.45, 2.75) is 19.8 Å². The summed E-state index contributed by atoms with van der Waals surface area (Å²) in [5.74, 6) is 1.44. The Morgan fingerprint density at radius 3 is 2.47 bits per heavy atom. The molecular weight excluding hydrogens is 380 g/mol. The quantitative estimate of drug-likeness (QED) is 0.315. The van der Waals surface area contributed by atoms with E-state index in [0.29, 0.717) is 23.7 Å². The van der Waals surface area contributed by atoms with Gasteiger partial charge in [-0.25, -0.2) is 5.43 Å². The molecule has 1 N–H and O–H groups in total. The Hall–Kier alpha value is -3.54. The lowest BCUT2D eigenvalue weighted by atomic mass is 10.0. The van der Waals surface area contributed by atoms with Crippen LogP contribution >= 0.6 is 0 Å². The lowest BCUT2D eigenvalue weighted by molar-refractivity contribution is 0.0954. The Kier molecular flexibility index (Phi) is 7.27. The average Bonchev–Trinajstić information content (AvgIpc) is 2.79. The summed E-state index contributed by atoms with van der Waals surface area (Å²) >= 11 is 0. The van der Waals surface area contributed by atoms with Gasteiger partial charge in [-0.1, -0.05) is 43.7 Å². The number of methoxy groups -OCH3 is 2. The van der Waals surface area contributed by atoms with E-state index in [1.165, 1.54) is 14.2 Å². The van der Waals surface area contributed by atoms with E-state index in [1.807, 2.05) is 36.4 Å². The predicted octanol–water partition coefficient (Wildman–Crippen LogP) is 4.80. The maximum Gasteiger partial charge on any atom is 0.271 e. The van der Waals surface area contributed by atoms with Crippen molar-refractivity contribution >= 4 is 22.9 Å². The Labute approximate surface area is 176 Å². The van der Waals surface area contributed by atoms with Gasteiger partial charge >= 0.3 is 0 Å². The fraction of sp³-hybridized carbons (Fsp3) is 0.250. The molecular formula is C24H26N2O4. The Morgan fingerprint density at radius 2 is 1.77 bits per heavy atom. The molecule has 3 rings (SSSR count). The van der Waals surface area contributed by atoms with Gasteiger partial charge in [0, 0.05) is 17.2 Å². The first-order valence-electron chi connectivity index (χ1n) is 9.87. The first-order chi connectivity index (χ1) is 14.7. The highest BCUT2D eigenvalue weighted by atomic mass is 16.5. The van der Waals surface area contributed by atoms with Crippen molar-refractivity contribution in [1.82, 2.24) is 5.43 Å². The van der Waals surface area contributed by atoms with Gasteiger partial charge in [0.05, 0.1) is 27.0 Å². The third-order valence-corrected chi connectivity index (χ3v) is 4.66. The Morgan fingerprint density at radius 1 is 1.03 bits per heavy atom. The summed E-state index contributed by atoms with van der Waals surface area (Å²) in [6, 6.07) is 16.9. The number of benzene rings is 3. The van der Waals surface area contributed by atoms with Crippen LogP contribution in [0.15, 0.2) is 59.7 Å². The second-order valence-electron chi connectivity index (χ2n) is 6.70. The molecule has 0 fully saturated rings. The standard InChI is InChI=1S/C24H26N2O4/c1-4-5-12-30-23-11-10-17-8-6-7-9-21(17)22(23)16-25-26-24(27)18-13-19(28-2)15-20(14-18)29-3/h6-11,13-16H,4-5,12H2,1-3H3,(H,26,27). The summed E-state index contributed by atoms with van der Waals surface area (Å²) in [5.41, 5.74) is 3.79. The molecule has 0 spiro atoms. The minimum Gasteiger partial charge on any atom is -0.497 e. The molecule has 6 nitrogen and oxygen atoms in total. The van der Waals surface area contributed by atoms with Gasteiger partial charge in [-0.05, 0) is 35.4 Å². The van der Waals surface area contributed by atoms with Crippen LogP contribution in [0.3, 0.4) is 0 Å². The predicted molar refractivity (Wildman–Crippen MR) is 119 cm³/mol. The molecule has 3 aromatic rings. The van der Waals surface area contributed by atoms with Crippen LogP contribution in [0.1, 0.15) is 35.7 Å². The third kappa shape index (κ3) is 5.08. The zero-order chi connectivity index (χ0) is 21.3. The average molecular weight is 406 g/mol. The molecule has 3 aromatic carbocycles. The van der Waals surface area contributed by atoms with Gasteiger partial charge in [0.15, 0.2) is 0 Å². The minimum absolute atomic E-state index is 0.364. The first-order valence-corrected chi connectivity index (χ1v) is 9.87. The molecule has 0 aliphatic rings. The zero-order valence-electron chi connectivity index (χ0n) is 17.5. The largest absolute Gasteiger partial charge is 0.497 e. The van der Waals surface area contributed by atoms with Crippen LogP contribution in [-0.4, -0.2) is 32.9 Å². The summed E-state index contributed by atoms with van der Waals surface area (Å²) in [5, 5.41) is 6.26. The highest BCUT2D eigenvalue weighted by molar-refractivity contribution is 6.03. The van der Waals surface area contributed by atoms with Gasteiger partial charge in [0.1, 0.15) is 17.2 Å². The maximum absolute atomic E-state index is 12.6. The normalized spacial score (nSPS) is 10.9. The molecule has 0 atom stereocenters. The lowest BCUT2D eigenvalue weighted by Crippen LogP contribution is -2.18. The number of nitrogens with one attached hydrogen (secondary N) is 1. The summed E-state index contributed by atoms with van der Waals surface area (Å²) in [7, 11) is 3.07. The van der Waals surface area contributed by atoms with Crippen molar-refractivity contribution in [3.8, 4) is 17.2 Å². The number of hydrogen-bond donors (Lipinski definition) is 1. The van der Waals surface area contributed by atoms with E-state index in [1.54, 1.807) is 24.4 Å². The van der Waals surface area contributed by atoms with Crippen molar-refractivity contribution in [2.75, 3.05) is 20.8 Å². The van der Waals surface area contributed by atoms with Crippen molar-refractivity contribution in [3.05, 3.63) is 65.7 Å². The Balaban J connectivity index is 1.84. The van der Waals surface area contributed by atoms with E-state index in [4.69, 9.17) is 14.2 Å². The summed E-state index contributed by atoms with van der Waals surface area (Å²) in [6.07, 6.45) is 3.65. The van der Waals surface area contributed by atoms with Crippen LogP contribution in [0.2, 0.25) is 0 Å². The van der Waals surface area contributed by atoms with Crippen molar-refractivity contribution in [1.29, 1.82) is 0 Å². The second-order valence-corrected chi connectivity index (χ2v) is 6.70. The van der Waals surface area contributed by atoms with Crippen molar-refractivity contribution in [2.24, 2.45) is 5.10 Å². The van der Waals surface area contributed by atoms with E-state index in [9.17, 15) is 4.79 Å². The molecule has 1 amide bonds. The maximum atomic E-state index is 12.6. The van der Waals surface area contributed by atoms with Gasteiger partial charge in [-0.3, -0.25) is 4.79 Å². The fourth-order valence-electron chi connectivity index (χ4n) is 3.02. The molecule has 0 unspecified atom stereocenters. The monoisotopic (exact) mass is 406 g/mol. The molecule has 156 valence electrons. The van der Waals surface area contributed by atoms with Crippen LogP contribution in [0, 0.1) is 0 Å². The molecule has 0 aromatic heterocycles. The summed E-state index contributed by atoms with van der Waals surface area (Å²) in [6.45, 7) is 2.75. The lowest BCUT2D eigenvalue weighted by Gasteiger charge is -2.11. The number of unbranched alkanes of at least 4 members (excludes halogenated alkanes) is 1. The topological polar surface area (TPSA) is 69.2 Å². The summed E-state index contributed by atoms with van der Waals surface area (Å²) in [4.78, 5) is 12.6. The van der Waals surface area contributed by atoms with Gasteiger partial charge in [0.2, 0.25) is 0 Å². The van der Waals surface area contributed by atoms with Crippen LogP contribution < -0.4 is 19.6 Å². The smallest absolute Gasteiger partial charge is 0.271 e. The minimum atomic E-state index is -0.364. The third-order valence-electron chi connectivity index (χ3n) is 4.66. The van der Waals surface area contributed by atoms with Crippen LogP contribution in [-0.2, 0) is 0 Å². The Bertz CT molecular complexity index is 1020. The number of ether oxygens (including phenoxy) is 3. The van der Waals surface area contributed by atoms with Gasteiger partial charge in [-0.15, -0.1) is 0 Å². The molecule has 0 saturated heterocycles. The highest BCUT2D eigenvalue weighted by Crippen LogP contribution is 2.27. The number of hydrazone groups is 1. The molecule has 0 radical (unpaired) electrons. The van der Waals surface area contributed by atoms with Crippen LogP contribution in [0.4, 0.5) is 0 Å². The van der Waals surface area contributed by atoms with Gasteiger partial charge < -0.3 is 14.2 Å². The number of carbonyl (C=O) groups excluding carboxylic acids is 1. The zero-order valence-corrected chi connectivity index (χ0v) is 17.5. The number of fused-ring (bicyclic) bond motifs is 1. The van der Waals surface area contributed by atoms with E-state index in [2.05, 4.69) is 17.5 Å². The SMILES string of the molecule is CCCCOc1ccc2ccccc2c1C=NNC(=O)c1cc(OC)cc(OC)c1. The van der Waals surface area contributed by atoms with Crippen molar-refractivity contribution < 1.29 is 19.0 Å². The first kappa shape index (κ1) is 21.2. The number of rotatable bonds is 9. The molecule has 0 heterocycles. The van der Waals surface area contributed by atoms with E-state index in [-0.39, 0.29) is 5.91 Å². The van der Waals surface area contributed by atoms with Crippen molar-refractivity contribution in [3.63, 3.8) is 0 Å². The molecule has 0 aliphatic carbocycles. The van der Waals surface area contributed by atoms with E-state index in [0.717, 1.165) is 34.9 Å². The van der Waals surface area contributed by atoms with Gasteiger partial charge in [0.25, 0.3) is 5.91 Å². The van der Waals surface area contributed by atoms with E-state index < -0.39 is 0 Å². The molecule has 0 saturated carbocycles. The van der Waals surface area contributed by atoms with Crippen LogP contribution in [0.5, 0.6) is 17.2 Å². The molecule has 6 heteroatoms. The number of nitrogens with zero attached hydrogens (tertiary/aromatic N) is 1.